The molecule has 0 amide bonds. The van der Waals surface area contributed by atoms with Crippen molar-refractivity contribution in [3.63, 3.8) is 0 Å². The van der Waals surface area contributed by atoms with Crippen molar-refractivity contribution < 1.29 is 4.74 Å². The van der Waals surface area contributed by atoms with Crippen molar-refractivity contribution in [3.05, 3.63) is 0 Å². The maximum absolute atomic E-state index is 4.87. The Morgan fingerprint density at radius 1 is 1.08 bits per heavy atom. The summed E-state index contributed by atoms with van der Waals surface area (Å²) in [6.07, 6.45) is 0. The number of hydrogen-bond acceptors (Lipinski definition) is 2. The van der Waals surface area contributed by atoms with Gasteiger partial charge in [-0.25, -0.2) is 0 Å². The molecule has 0 N–H and O–H groups in total. The Balaban J connectivity index is -0.000000175. The molecule has 0 bridgehead atoms. The van der Waals surface area contributed by atoms with Crippen molar-refractivity contribution in [2.24, 2.45) is 0 Å². The van der Waals surface area contributed by atoms with Crippen LogP contribution in [0, 0.1) is 0 Å². The number of nitrogens with zero attached hydrogens (tertiary/aromatic N) is 1. The molecule has 0 radical (unpaired) electrons. The lowest BCUT2D eigenvalue weighted by molar-refractivity contribution is 0.164. The minimum atomic E-state index is 0.838. The Kier molecular flexibility index (Phi) is 33.4. The van der Waals surface area contributed by atoms with Gasteiger partial charge in [-0.3, -0.25) is 0 Å². The Hall–Kier alpha value is -0.0800. The van der Waals surface area contributed by atoms with Gasteiger partial charge in [0.1, 0.15) is 0 Å². The van der Waals surface area contributed by atoms with Crippen LogP contribution in [0.1, 0.15) is 34.6 Å². The normalized spacial score (nSPS) is 8.00. The summed E-state index contributed by atoms with van der Waals surface area (Å²) >= 11 is 0. The third-order valence-corrected chi connectivity index (χ3v) is 1.22. The zero-order valence-electron chi connectivity index (χ0n) is 9.98. The van der Waals surface area contributed by atoms with E-state index in [1.165, 1.54) is 0 Å². The lowest BCUT2D eigenvalue weighted by atomic mass is 10.5. The Morgan fingerprint density at radius 3 is 1.75 bits per heavy atom. The van der Waals surface area contributed by atoms with Crippen molar-refractivity contribution >= 4 is 0 Å². The SMILES string of the molecule is CC.CC.CCN(C)CCOC. The average molecular weight is 177 g/mol. The van der Waals surface area contributed by atoms with Gasteiger partial charge in [0.15, 0.2) is 0 Å². The first-order valence-electron chi connectivity index (χ1n) is 4.98. The van der Waals surface area contributed by atoms with Crippen LogP contribution in [0.4, 0.5) is 0 Å². The van der Waals surface area contributed by atoms with Gasteiger partial charge in [0, 0.05) is 13.7 Å². The molecule has 12 heavy (non-hydrogen) atoms. The molecule has 0 aliphatic carbocycles. The molecule has 0 aromatic rings. The molecule has 0 saturated heterocycles. The monoisotopic (exact) mass is 177 g/mol. The zero-order chi connectivity index (χ0) is 10.4. The molecule has 2 heteroatoms. The van der Waals surface area contributed by atoms with Gasteiger partial charge in [-0.1, -0.05) is 34.6 Å². The molecule has 0 fully saturated rings. The van der Waals surface area contributed by atoms with E-state index in [0.29, 0.717) is 0 Å². The van der Waals surface area contributed by atoms with Crippen molar-refractivity contribution in [2.75, 3.05) is 33.9 Å². The van der Waals surface area contributed by atoms with Crippen molar-refractivity contribution in [1.29, 1.82) is 0 Å². The van der Waals surface area contributed by atoms with E-state index in [1.54, 1.807) is 7.11 Å². The Bertz CT molecular complexity index is 49.1. The highest BCUT2D eigenvalue weighted by molar-refractivity contribution is 4.42. The molecule has 0 aliphatic rings. The minimum Gasteiger partial charge on any atom is -0.383 e. The van der Waals surface area contributed by atoms with E-state index in [4.69, 9.17) is 4.74 Å². The van der Waals surface area contributed by atoms with E-state index in [-0.39, 0.29) is 0 Å². The topological polar surface area (TPSA) is 12.5 Å². The lowest BCUT2D eigenvalue weighted by Gasteiger charge is -2.11. The minimum absolute atomic E-state index is 0.838. The molecule has 2 nitrogen and oxygen atoms in total. The number of likely N-dealkylation sites (N-methyl/N-ethyl adjacent to an activating group) is 1. The summed E-state index contributed by atoms with van der Waals surface area (Å²) in [4.78, 5) is 2.21. The number of rotatable bonds is 4. The van der Waals surface area contributed by atoms with Gasteiger partial charge in [0.05, 0.1) is 6.61 Å². The molecule has 0 unspecified atom stereocenters. The van der Waals surface area contributed by atoms with Crippen molar-refractivity contribution in [1.82, 2.24) is 4.90 Å². The van der Waals surface area contributed by atoms with Crippen LogP contribution in [-0.2, 0) is 4.74 Å². The maximum atomic E-state index is 4.87. The average Bonchev–Trinajstić information content (AvgIpc) is 2.20. The highest BCUT2D eigenvalue weighted by Crippen LogP contribution is 1.78. The highest BCUT2D eigenvalue weighted by atomic mass is 16.5. The first kappa shape index (κ1) is 17.9. The smallest absolute Gasteiger partial charge is 0.0589 e. The summed E-state index contributed by atoms with van der Waals surface area (Å²) in [7, 11) is 3.81. The summed E-state index contributed by atoms with van der Waals surface area (Å²) in [5, 5.41) is 0. The molecule has 0 aliphatic heterocycles. The van der Waals surface area contributed by atoms with Crippen molar-refractivity contribution in [2.45, 2.75) is 34.6 Å². The third-order valence-electron chi connectivity index (χ3n) is 1.22. The van der Waals surface area contributed by atoms with Crippen LogP contribution in [0.25, 0.3) is 0 Å². The number of hydrogen-bond donors (Lipinski definition) is 0. The molecular formula is C10H27NO. The highest BCUT2D eigenvalue weighted by Gasteiger charge is 1.89. The van der Waals surface area contributed by atoms with Gasteiger partial charge in [-0.05, 0) is 13.6 Å². The van der Waals surface area contributed by atoms with Gasteiger partial charge in [0.2, 0.25) is 0 Å². The van der Waals surface area contributed by atoms with E-state index in [0.717, 1.165) is 19.7 Å². The van der Waals surface area contributed by atoms with Crippen LogP contribution in [0.2, 0.25) is 0 Å². The zero-order valence-corrected chi connectivity index (χ0v) is 9.98. The second-order valence-corrected chi connectivity index (χ2v) is 1.89. The molecule has 0 rings (SSSR count). The van der Waals surface area contributed by atoms with Crippen LogP contribution in [0.15, 0.2) is 0 Å². The summed E-state index contributed by atoms with van der Waals surface area (Å²) in [6, 6.07) is 0. The van der Waals surface area contributed by atoms with E-state index >= 15 is 0 Å². The predicted molar refractivity (Wildman–Crippen MR) is 57.7 cm³/mol. The van der Waals surface area contributed by atoms with Gasteiger partial charge in [0.25, 0.3) is 0 Å². The molecule has 0 atom stereocenters. The standard InChI is InChI=1S/C6H15NO.2C2H6/c1-4-7(2)5-6-8-3;2*1-2/h4-6H2,1-3H3;2*1-2H3. The van der Waals surface area contributed by atoms with Gasteiger partial charge in [-0.2, -0.15) is 0 Å². The Labute approximate surface area is 78.9 Å². The third kappa shape index (κ3) is 22.5. The number of methoxy groups -OCH3 is 1. The van der Waals surface area contributed by atoms with Crippen LogP contribution in [0.3, 0.4) is 0 Å². The molecule has 0 aromatic carbocycles. The number of ether oxygens (including phenoxy) is 1. The molecular weight excluding hydrogens is 150 g/mol. The fourth-order valence-electron chi connectivity index (χ4n) is 0.405. The first-order valence-corrected chi connectivity index (χ1v) is 4.98. The summed E-state index contributed by atoms with van der Waals surface area (Å²) in [5.41, 5.74) is 0. The summed E-state index contributed by atoms with van der Waals surface area (Å²) < 4.78 is 4.87. The van der Waals surface area contributed by atoms with E-state index in [9.17, 15) is 0 Å². The van der Waals surface area contributed by atoms with Gasteiger partial charge in [-0.15, -0.1) is 0 Å². The van der Waals surface area contributed by atoms with Crippen LogP contribution >= 0.6 is 0 Å². The summed E-state index contributed by atoms with van der Waals surface area (Å²) in [5.74, 6) is 0. The quantitative estimate of drug-likeness (QED) is 0.654. The Morgan fingerprint density at radius 2 is 1.50 bits per heavy atom. The molecule has 0 saturated carbocycles. The van der Waals surface area contributed by atoms with E-state index in [1.807, 2.05) is 27.7 Å². The fourth-order valence-corrected chi connectivity index (χ4v) is 0.405. The van der Waals surface area contributed by atoms with E-state index < -0.39 is 0 Å². The van der Waals surface area contributed by atoms with Crippen molar-refractivity contribution in [3.8, 4) is 0 Å². The fraction of sp³-hybridized carbons (Fsp3) is 1.00. The van der Waals surface area contributed by atoms with Crippen LogP contribution in [0.5, 0.6) is 0 Å². The molecule has 0 aromatic heterocycles. The second-order valence-electron chi connectivity index (χ2n) is 1.89. The van der Waals surface area contributed by atoms with Gasteiger partial charge < -0.3 is 9.64 Å². The predicted octanol–water partition coefficient (Wildman–Crippen LogP) is 2.64. The van der Waals surface area contributed by atoms with Gasteiger partial charge >= 0.3 is 0 Å². The van der Waals surface area contributed by atoms with E-state index in [2.05, 4.69) is 18.9 Å². The largest absolute Gasteiger partial charge is 0.383 e. The molecule has 78 valence electrons. The van der Waals surface area contributed by atoms with Crippen LogP contribution < -0.4 is 0 Å². The molecule has 0 spiro atoms. The maximum Gasteiger partial charge on any atom is 0.0589 e. The first-order chi connectivity index (χ1) is 5.81. The molecule has 0 heterocycles. The summed E-state index contributed by atoms with van der Waals surface area (Å²) in [6.45, 7) is 13.1. The second kappa shape index (κ2) is 22.4. The van der Waals surface area contributed by atoms with Crippen LogP contribution in [-0.4, -0.2) is 38.8 Å². The lowest BCUT2D eigenvalue weighted by Crippen LogP contribution is -2.21.